The van der Waals surface area contributed by atoms with Crippen LogP contribution in [0.5, 0.6) is 5.75 Å². The van der Waals surface area contributed by atoms with E-state index in [1.807, 2.05) is 12.1 Å². The van der Waals surface area contributed by atoms with E-state index in [0.29, 0.717) is 18.9 Å². The summed E-state index contributed by atoms with van der Waals surface area (Å²) in [5, 5.41) is 12.0. The first-order valence-electron chi connectivity index (χ1n) is 15.5. The highest BCUT2D eigenvalue weighted by Crippen LogP contribution is 2.66. The molecule has 2 aromatic carbocycles. The van der Waals surface area contributed by atoms with Crippen LogP contribution in [0.2, 0.25) is 0 Å². The molecule has 43 heavy (non-hydrogen) atoms. The highest BCUT2D eigenvalue weighted by Gasteiger charge is 2.64. The van der Waals surface area contributed by atoms with Gasteiger partial charge in [-0.1, -0.05) is 31.4 Å². The number of esters is 1. The number of carbonyl (C=O) groups is 1. The monoisotopic (exact) mass is 607 g/mol. The maximum absolute atomic E-state index is 13.4. The predicted octanol–water partition coefficient (Wildman–Crippen LogP) is 4.81. The first-order valence-corrected chi connectivity index (χ1v) is 17.0. The van der Waals surface area contributed by atoms with Crippen molar-refractivity contribution in [3.63, 3.8) is 0 Å². The summed E-state index contributed by atoms with van der Waals surface area (Å²) in [5.74, 6) is 1.04. The van der Waals surface area contributed by atoms with Crippen LogP contribution >= 0.6 is 0 Å². The fraction of sp³-hybridized carbons (Fsp3) is 0.545. The van der Waals surface area contributed by atoms with Gasteiger partial charge >= 0.3 is 5.97 Å². The Hall–Kier alpha value is -2.92. The van der Waals surface area contributed by atoms with Gasteiger partial charge in [0.1, 0.15) is 12.0 Å². The molecule has 10 heteroatoms. The Morgan fingerprint density at radius 2 is 1.88 bits per heavy atom. The Kier molecular flexibility index (Phi) is 7.11. The molecule has 3 aliphatic carbocycles. The van der Waals surface area contributed by atoms with E-state index in [0.717, 1.165) is 59.0 Å². The van der Waals surface area contributed by atoms with E-state index in [1.165, 1.54) is 41.9 Å². The maximum atomic E-state index is 13.4. The largest absolute Gasteiger partial charge is 0.497 e. The molecular weight excluding hydrogens is 566 g/mol. The molecule has 0 radical (unpaired) electrons. The Labute approximate surface area is 253 Å². The molecule has 2 N–H and O–H groups in total. The first kappa shape index (κ1) is 28.8. The number of methoxy groups -OCH3 is 2. The van der Waals surface area contributed by atoms with Crippen LogP contribution < -0.4 is 9.46 Å². The molecule has 0 amide bonds. The average molecular weight is 608 g/mol. The van der Waals surface area contributed by atoms with Crippen LogP contribution in [0.3, 0.4) is 0 Å². The summed E-state index contributed by atoms with van der Waals surface area (Å²) in [6.07, 6.45) is 7.16. The van der Waals surface area contributed by atoms with E-state index >= 15 is 0 Å². The molecular formula is C33H41N3O6S. The third-order valence-corrected chi connectivity index (χ3v) is 12.0. The van der Waals surface area contributed by atoms with Gasteiger partial charge < -0.3 is 19.1 Å². The zero-order valence-electron chi connectivity index (χ0n) is 25.1. The lowest BCUT2D eigenvalue weighted by Crippen LogP contribution is -2.45. The fourth-order valence-electron chi connectivity index (χ4n) is 7.80. The molecule has 9 nitrogen and oxygen atoms in total. The van der Waals surface area contributed by atoms with Gasteiger partial charge in [0.25, 0.3) is 10.2 Å². The Morgan fingerprint density at radius 1 is 1.12 bits per heavy atom. The quantitative estimate of drug-likeness (QED) is 0.267. The molecule has 0 saturated heterocycles. The summed E-state index contributed by atoms with van der Waals surface area (Å²) in [7, 11) is 0.905. The molecule has 0 bridgehead atoms. The van der Waals surface area contributed by atoms with E-state index in [-0.39, 0.29) is 24.3 Å². The number of fused-ring (bicyclic) bond motifs is 7. The summed E-state index contributed by atoms with van der Waals surface area (Å²) < 4.78 is 42.6. The molecule has 230 valence electrons. The Bertz CT molecular complexity index is 1690. The molecule has 3 aromatic rings. The topological polar surface area (TPSA) is 110 Å². The summed E-state index contributed by atoms with van der Waals surface area (Å²) in [6, 6.07) is 12.5. The van der Waals surface area contributed by atoms with Crippen LogP contribution in [0.1, 0.15) is 79.9 Å². The van der Waals surface area contributed by atoms with Gasteiger partial charge in [-0.05, 0) is 79.0 Å². The van der Waals surface area contributed by atoms with Gasteiger partial charge in [0.05, 0.1) is 25.3 Å². The second-order valence-electron chi connectivity index (χ2n) is 13.0. The number of aliphatic hydroxyl groups is 1. The molecule has 3 atom stereocenters. The van der Waals surface area contributed by atoms with Crippen molar-refractivity contribution >= 4 is 27.1 Å². The fourth-order valence-corrected chi connectivity index (χ4v) is 8.99. The van der Waals surface area contributed by atoms with E-state index in [9.17, 15) is 18.3 Å². The molecule has 3 saturated carbocycles. The Morgan fingerprint density at radius 3 is 2.58 bits per heavy atom. The second kappa shape index (κ2) is 10.6. The number of aromatic nitrogens is 1. The van der Waals surface area contributed by atoms with Crippen molar-refractivity contribution in [2.75, 3.05) is 21.3 Å². The molecule has 7 rings (SSSR count). The highest BCUT2D eigenvalue weighted by atomic mass is 32.2. The SMILES string of the molecule is COC(=O)C12CC1c1cc(OC)ccc1-c1c(C3CCCCC3)c3ccc(CC(O)NS(=O)(=O)N(C)C4CC4)cc3n1C2. The summed E-state index contributed by atoms with van der Waals surface area (Å²) in [5.41, 5.74) is 5.95. The summed E-state index contributed by atoms with van der Waals surface area (Å²) in [6.45, 7) is 0.505. The number of aliphatic hydroxyl groups excluding tert-OH is 1. The maximum Gasteiger partial charge on any atom is 0.314 e. The van der Waals surface area contributed by atoms with Crippen LogP contribution in [0.25, 0.3) is 22.2 Å². The van der Waals surface area contributed by atoms with E-state index in [1.54, 1.807) is 14.2 Å². The second-order valence-corrected chi connectivity index (χ2v) is 14.7. The van der Waals surface area contributed by atoms with Crippen LogP contribution in [-0.2, 0) is 32.7 Å². The number of carbonyl (C=O) groups excluding carboxylic acids is 1. The number of nitrogens with zero attached hydrogens (tertiary/aromatic N) is 2. The first-order chi connectivity index (χ1) is 20.7. The minimum atomic E-state index is -3.78. The molecule has 0 spiro atoms. The number of rotatable bonds is 9. The minimum absolute atomic E-state index is 0.00617. The molecule has 3 fully saturated rings. The van der Waals surface area contributed by atoms with Crippen molar-refractivity contribution in [3.05, 3.63) is 53.1 Å². The number of benzene rings is 2. The van der Waals surface area contributed by atoms with Gasteiger partial charge in [0.15, 0.2) is 0 Å². The van der Waals surface area contributed by atoms with E-state index < -0.39 is 21.9 Å². The Balaban J connectivity index is 1.35. The average Bonchev–Trinajstić information content (AvgIpc) is 3.93. The standard InChI is InChI=1S/C33H41N3O6S/c1-35(22-10-11-22)43(39,40)34-29(37)16-20-9-13-25-28(15-20)36-19-33(32(38)42-3)18-27(33)26-17-23(41-2)12-14-24(26)31(36)30(25)21-7-5-4-6-8-21/h9,12-15,17,21-22,27,29,34,37H,4-8,10-11,16,18-19H2,1-3H3. The summed E-state index contributed by atoms with van der Waals surface area (Å²) >= 11 is 0. The molecule has 2 heterocycles. The minimum Gasteiger partial charge on any atom is -0.497 e. The number of ether oxygens (including phenoxy) is 2. The van der Waals surface area contributed by atoms with Crippen LogP contribution in [0.4, 0.5) is 0 Å². The van der Waals surface area contributed by atoms with Gasteiger partial charge in [-0.15, -0.1) is 0 Å². The lowest BCUT2D eigenvalue weighted by molar-refractivity contribution is -0.147. The van der Waals surface area contributed by atoms with Gasteiger partial charge in [0.2, 0.25) is 0 Å². The molecule has 1 aliphatic heterocycles. The predicted molar refractivity (Wildman–Crippen MR) is 164 cm³/mol. The van der Waals surface area contributed by atoms with Gasteiger partial charge in [0, 0.05) is 48.4 Å². The molecule has 1 aromatic heterocycles. The van der Waals surface area contributed by atoms with Crippen molar-refractivity contribution in [1.29, 1.82) is 0 Å². The van der Waals surface area contributed by atoms with Gasteiger partial charge in [-0.2, -0.15) is 17.4 Å². The van der Waals surface area contributed by atoms with Crippen molar-refractivity contribution in [1.82, 2.24) is 13.6 Å². The zero-order valence-corrected chi connectivity index (χ0v) is 26.0. The smallest absolute Gasteiger partial charge is 0.314 e. The zero-order chi connectivity index (χ0) is 30.1. The molecule has 4 aliphatic rings. The van der Waals surface area contributed by atoms with Crippen LogP contribution in [0.15, 0.2) is 36.4 Å². The lowest BCUT2D eigenvalue weighted by atomic mass is 9.81. The summed E-state index contributed by atoms with van der Waals surface area (Å²) in [4.78, 5) is 13.4. The van der Waals surface area contributed by atoms with Gasteiger partial charge in [-0.3, -0.25) is 4.79 Å². The van der Waals surface area contributed by atoms with Crippen molar-refractivity contribution in [2.24, 2.45) is 5.41 Å². The number of hydrogen-bond acceptors (Lipinski definition) is 6. The van der Waals surface area contributed by atoms with Crippen molar-refractivity contribution < 1.29 is 27.8 Å². The van der Waals surface area contributed by atoms with E-state index in [4.69, 9.17) is 9.47 Å². The van der Waals surface area contributed by atoms with Crippen molar-refractivity contribution in [3.8, 4) is 17.0 Å². The van der Waals surface area contributed by atoms with Crippen LogP contribution in [0, 0.1) is 5.41 Å². The normalized spacial score (nSPS) is 24.2. The molecule has 3 unspecified atom stereocenters. The third-order valence-electron chi connectivity index (χ3n) is 10.3. The number of nitrogens with one attached hydrogen (secondary N) is 1. The highest BCUT2D eigenvalue weighted by molar-refractivity contribution is 7.87. The van der Waals surface area contributed by atoms with E-state index in [2.05, 4.69) is 33.6 Å². The van der Waals surface area contributed by atoms with Crippen molar-refractivity contribution in [2.45, 2.75) is 88.4 Å². The van der Waals surface area contributed by atoms with Gasteiger partial charge in [-0.25, -0.2) is 0 Å². The third kappa shape index (κ3) is 4.87. The number of hydrogen-bond donors (Lipinski definition) is 2. The lowest BCUT2D eigenvalue weighted by Gasteiger charge is -2.24. The van der Waals surface area contributed by atoms with Crippen LogP contribution in [-0.4, -0.2) is 61.9 Å².